The molecule has 2 amide bonds. The molecule has 2 aliphatic carbocycles. The van der Waals surface area contributed by atoms with Gasteiger partial charge in [-0.25, -0.2) is 15.2 Å². The molecule has 5 N–H and O–H groups in total. The molecule has 1 heterocycles. The number of carbonyl (C=O) groups excluding carboxylic acids is 1. The van der Waals surface area contributed by atoms with Gasteiger partial charge in [0.2, 0.25) is 5.90 Å². The number of nitrogens with two attached hydrogens (primary N) is 1. The number of aryl methyl sites for hydroxylation is 2. The molecule has 27 heavy (non-hydrogen) atoms. The van der Waals surface area contributed by atoms with Crippen LogP contribution >= 0.6 is 0 Å². The van der Waals surface area contributed by atoms with Crippen LogP contribution in [0.2, 0.25) is 0 Å². The summed E-state index contributed by atoms with van der Waals surface area (Å²) in [6.45, 7) is 1.09. The molecule has 3 aliphatic rings. The summed E-state index contributed by atoms with van der Waals surface area (Å²) in [6, 6.07) is 1.78. The Bertz CT molecular complexity index is 786. The fraction of sp³-hybridized carbons (Fsp3) is 0.474. The van der Waals surface area contributed by atoms with Crippen LogP contribution in [0.3, 0.4) is 0 Å². The first kappa shape index (κ1) is 17.7. The SMILES string of the molecule is N/C=C(\C1=NCCCO1)N(O)NC(=O)Nc1c2c(cc3c1CCC3)CCC2. The number of rotatable bonds is 4. The van der Waals surface area contributed by atoms with E-state index < -0.39 is 6.03 Å². The van der Waals surface area contributed by atoms with Gasteiger partial charge in [-0.1, -0.05) is 6.07 Å². The zero-order valence-electron chi connectivity index (χ0n) is 15.3. The molecule has 1 aromatic rings. The van der Waals surface area contributed by atoms with Gasteiger partial charge >= 0.3 is 6.03 Å². The highest BCUT2D eigenvalue weighted by Gasteiger charge is 2.26. The summed E-state index contributed by atoms with van der Waals surface area (Å²) < 4.78 is 5.40. The molecule has 8 heteroatoms. The van der Waals surface area contributed by atoms with Crippen LogP contribution in [0.25, 0.3) is 0 Å². The number of hydroxylamine groups is 1. The second kappa shape index (κ2) is 7.48. The van der Waals surface area contributed by atoms with E-state index >= 15 is 0 Å². The first-order chi connectivity index (χ1) is 13.2. The lowest BCUT2D eigenvalue weighted by molar-refractivity contribution is -0.0830. The lowest BCUT2D eigenvalue weighted by atomic mass is 9.99. The maximum atomic E-state index is 12.6. The Morgan fingerprint density at radius 1 is 1.19 bits per heavy atom. The van der Waals surface area contributed by atoms with Gasteiger partial charge in [-0.3, -0.25) is 5.21 Å². The van der Waals surface area contributed by atoms with Crippen molar-refractivity contribution >= 4 is 17.6 Å². The Kier molecular flexibility index (Phi) is 4.89. The molecule has 0 saturated carbocycles. The van der Waals surface area contributed by atoms with Crippen LogP contribution in [0.15, 0.2) is 23.0 Å². The number of carbonyl (C=O) groups is 1. The van der Waals surface area contributed by atoms with E-state index in [1.807, 2.05) is 0 Å². The second-order valence-electron chi connectivity index (χ2n) is 7.05. The smallest absolute Gasteiger partial charge is 0.339 e. The zero-order chi connectivity index (χ0) is 18.8. The summed E-state index contributed by atoms with van der Waals surface area (Å²) in [4.78, 5) is 16.7. The number of nitrogens with one attached hydrogen (secondary N) is 2. The Hall–Kier alpha value is -2.74. The van der Waals surface area contributed by atoms with Crippen LogP contribution < -0.4 is 16.5 Å². The second-order valence-corrected chi connectivity index (χ2v) is 7.05. The van der Waals surface area contributed by atoms with Crippen molar-refractivity contribution in [3.63, 3.8) is 0 Å². The van der Waals surface area contributed by atoms with Gasteiger partial charge in [-0.15, -0.1) is 0 Å². The zero-order valence-corrected chi connectivity index (χ0v) is 15.3. The van der Waals surface area contributed by atoms with E-state index in [9.17, 15) is 10.0 Å². The number of hydrazine groups is 1. The number of hydrogen-bond donors (Lipinski definition) is 4. The molecule has 144 valence electrons. The highest BCUT2D eigenvalue weighted by Crippen LogP contribution is 2.38. The summed E-state index contributed by atoms with van der Waals surface area (Å²) in [5.41, 5.74) is 14.1. The fourth-order valence-electron chi connectivity index (χ4n) is 4.11. The van der Waals surface area contributed by atoms with Gasteiger partial charge < -0.3 is 15.8 Å². The molecular weight excluding hydrogens is 346 g/mol. The van der Waals surface area contributed by atoms with Crippen LogP contribution in [0.4, 0.5) is 10.5 Å². The summed E-state index contributed by atoms with van der Waals surface area (Å²) in [6.07, 6.45) is 8.24. The van der Waals surface area contributed by atoms with E-state index in [1.54, 1.807) is 0 Å². The van der Waals surface area contributed by atoms with Crippen LogP contribution in [-0.2, 0) is 30.4 Å². The molecular formula is C19H25N5O3. The van der Waals surface area contributed by atoms with Gasteiger partial charge in [0, 0.05) is 24.9 Å². The Morgan fingerprint density at radius 2 is 1.89 bits per heavy atom. The number of benzene rings is 1. The lowest BCUT2D eigenvalue weighted by Crippen LogP contribution is -2.44. The van der Waals surface area contributed by atoms with Gasteiger partial charge in [0.1, 0.15) is 0 Å². The predicted molar refractivity (Wildman–Crippen MR) is 101 cm³/mol. The molecule has 0 fully saturated rings. The van der Waals surface area contributed by atoms with Crippen molar-refractivity contribution in [1.29, 1.82) is 0 Å². The molecule has 0 unspecified atom stereocenters. The quantitative estimate of drug-likeness (QED) is 0.605. The third-order valence-electron chi connectivity index (χ3n) is 5.32. The number of urea groups is 1. The first-order valence-corrected chi connectivity index (χ1v) is 9.50. The van der Waals surface area contributed by atoms with Crippen LogP contribution in [0.1, 0.15) is 41.5 Å². The molecule has 0 bridgehead atoms. The molecule has 0 aromatic heterocycles. The molecule has 0 saturated heterocycles. The van der Waals surface area contributed by atoms with E-state index in [0.717, 1.165) is 56.8 Å². The number of fused-ring (bicyclic) bond motifs is 2. The third kappa shape index (κ3) is 3.44. The first-order valence-electron chi connectivity index (χ1n) is 9.50. The van der Waals surface area contributed by atoms with Crippen LogP contribution in [0, 0.1) is 0 Å². The number of anilines is 1. The highest BCUT2D eigenvalue weighted by molar-refractivity contribution is 5.95. The van der Waals surface area contributed by atoms with E-state index in [4.69, 9.17) is 10.5 Å². The van der Waals surface area contributed by atoms with Crippen molar-refractivity contribution < 1.29 is 14.7 Å². The molecule has 4 rings (SSSR count). The molecule has 0 spiro atoms. The number of ether oxygens (including phenoxy) is 1. The minimum atomic E-state index is -0.525. The number of amides is 2. The summed E-state index contributed by atoms with van der Waals surface area (Å²) in [7, 11) is 0. The van der Waals surface area contributed by atoms with Crippen molar-refractivity contribution in [3.05, 3.63) is 40.2 Å². The van der Waals surface area contributed by atoms with Crippen molar-refractivity contribution in [3.8, 4) is 0 Å². The minimum absolute atomic E-state index is 0.105. The average Bonchev–Trinajstić information content (AvgIpc) is 3.32. The predicted octanol–water partition coefficient (Wildman–Crippen LogP) is 2.01. The minimum Gasteiger partial charge on any atom is -0.476 e. The van der Waals surface area contributed by atoms with Gasteiger partial charge in [0.05, 0.1) is 6.61 Å². The van der Waals surface area contributed by atoms with E-state index in [-0.39, 0.29) is 11.6 Å². The summed E-state index contributed by atoms with van der Waals surface area (Å²) in [5.74, 6) is 0.216. The average molecular weight is 371 g/mol. The van der Waals surface area contributed by atoms with Crippen molar-refractivity contribution in [2.75, 3.05) is 18.5 Å². The van der Waals surface area contributed by atoms with Crippen LogP contribution in [-0.4, -0.2) is 35.5 Å². The molecule has 8 nitrogen and oxygen atoms in total. The Morgan fingerprint density at radius 3 is 2.48 bits per heavy atom. The largest absolute Gasteiger partial charge is 0.476 e. The maximum absolute atomic E-state index is 12.6. The summed E-state index contributed by atoms with van der Waals surface area (Å²) in [5, 5.41) is 13.8. The maximum Gasteiger partial charge on any atom is 0.339 e. The highest BCUT2D eigenvalue weighted by atomic mass is 16.6. The van der Waals surface area contributed by atoms with Gasteiger partial charge in [-0.05, 0) is 60.8 Å². The topological polar surface area (TPSA) is 112 Å². The van der Waals surface area contributed by atoms with Crippen molar-refractivity contribution in [1.82, 2.24) is 10.6 Å². The fourth-order valence-corrected chi connectivity index (χ4v) is 4.11. The van der Waals surface area contributed by atoms with Crippen molar-refractivity contribution in [2.24, 2.45) is 10.7 Å². The standard InChI is InChI=1S/C19H25N5O3/c20-11-16(18-21-8-3-9-27-18)24(26)23-19(25)22-17-14-6-1-4-12(14)10-13-5-2-7-15(13)17/h10-11,26H,1-9,20H2,(H2,22,23,25)/b16-11+. The Labute approximate surface area is 158 Å². The third-order valence-corrected chi connectivity index (χ3v) is 5.32. The van der Waals surface area contributed by atoms with E-state index in [2.05, 4.69) is 21.8 Å². The number of aliphatic imine (C=N–C) groups is 1. The number of nitrogens with zero attached hydrogens (tertiary/aromatic N) is 2. The van der Waals surface area contributed by atoms with Gasteiger partial charge in [0.25, 0.3) is 0 Å². The monoisotopic (exact) mass is 371 g/mol. The molecule has 0 radical (unpaired) electrons. The molecule has 1 aromatic carbocycles. The van der Waals surface area contributed by atoms with Crippen molar-refractivity contribution in [2.45, 2.75) is 44.9 Å². The summed E-state index contributed by atoms with van der Waals surface area (Å²) >= 11 is 0. The van der Waals surface area contributed by atoms with Gasteiger partial charge in [0.15, 0.2) is 5.70 Å². The number of hydrogen-bond acceptors (Lipinski definition) is 6. The van der Waals surface area contributed by atoms with Gasteiger partial charge in [-0.2, -0.15) is 5.17 Å². The van der Waals surface area contributed by atoms with Crippen LogP contribution in [0.5, 0.6) is 0 Å². The Balaban J connectivity index is 1.50. The molecule has 0 atom stereocenters. The molecule has 1 aliphatic heterocycles. The normalized spacial score (nSPS) is 18.3. The van der Waals surface area contributed by atoms with E-state index in [1.165, 1.54) is 22.3 Å². The lowest BCUT2D eigenvalue weighted by Gasteiger charge is -2.24. The van der Waals surface area contributed by atoms with E-state index in [0.29, 0.717) is 18.3 Å².